The Morgan fingerprint density at radius 2 is 1.66 bits per heavy atom. The third kappa shape index (κ3) is 4.96. The zero-order chi connectivity index (χ0) is 24.5. The van der Waals surface area contributed by atoms with Crippen LogP contribution in [0.4, 0.5) is 20.3 Å². The van der Waals surface area contributed by atoms with Crippen molar-refractivity contribution in [3.63, 3.8) is 0 Å². The van der Waals surface area contributed by atoms with Gasteiger partial charge in [0, 0.05) is 71.0 Å². The highest BCUT2D eigenvalue weighted by molar-refractivity contribution is 5.55. The number of likely N-dealkylation sites (N-methyl/N-ethyl adjacent to an activating group) is 1. The summed E-state index contributed by atoms with van der Waals surface area (Å²) in [5.74, 6) is 0.334. The normalized spacial score (nSPS) is 17.9. The molecule has 0 atom stereocenters. The van der Waals surface area contributed by atoms with Crippen LogP contribution in [0.2, 0.25) is 0 Å². The van der Waals surface area contributed by atoms with E-state index in [1.807, 2.05) is 18.0 Å². The first-order valence-corrected chi connectivity index (χ1v) is 12.0. The molecule has 2 saturated heterocycles. The highest BCUT2D eigenvalue weighted by Crippen LogP contribution is 2.29. The van der Waals surface area contributed by atoms with Crippen LogP contribution in [0.25, 0.3) is 5.52 Å². The molecule has 4 heterocycles. The van der Waals surface area contributed by atoms with E-state index >= 15 is 0 Å². The van der Waals surface area contributed by atoms with Gasteiger partial charge in [0.1, 0.15) is 35.2 Å². The average Bonchev–Trinajstić information content (AvgIpc) is 3.22. The van der Waals surface area contributed by atoms with Crippen molar-refractivity contribution in [2.45, 2.75) is 6.92 Å². The minimum Gasteiger partial charge on any atom is -0.492 e. The van der Waals surface area contributed by atoms with Gasteiger partial charge in [-0.05, 0) is 14.0 Å². The number of benzene rings is 1. The summed E-state index contributed by atoms with van der Waals surface area (Å²) in [6, 6.07) is 2.53. The second-order valence-electron chi connectivity index (χ2n) is 9.23. The summed E-state index contributed by atoms with van der Waals surface area (Å²) in [6.45, 7) is 8.77. The number of H-pyrrole nitrogens is 1. The van der Waals surface area contributed by atoms with Crippen molar-refractivity contribution >= 4 is 17.0 Å². The largest absolute Gasteiger partial charge is 0.492 e. The number of aromatic amines is 1. The quantitative estimate of drug-likeness (QED) is 0.566. The molecule has 1 aromatic carbocycles. The Morgan fingerprint density at radius 1 is 1.00 bits per heavy atom. The van der Waals surface area contributed by atoms with Gasteiger partial charge in [-0.3, -0.25) is 14.1 Å². The topological polar surface area (TPSA) is 72.3 Å². The molecule has 0 unspecified atom stereocenters. The number of halogens is 2. The fourth-order valence-corrected chi connectivity index (χ4v) is 4.74. The number of anilines is 2. The fourth-order valence-electron chi connectivity index (χ4n) is 4.74. The number of aryl methyl sites for hydroxylation is 1. The van der Waals surface area contributed by atoms with Crippen LogP contribution >= 0.6 is 0 Å². The second kappa shape index (κ2) is 9.82. The van der Waals surface area contributed by atoms with Gasteiger partial charge in [0.15, 0.2) is 11.6 Å². The summed E-state index contributed by atoms with van der Waals surface area (Å²) < 4.78 is 37.3. The molecule has 0 amide bonds. The minimum atomic E-state index is -0.628. The summed E-state index contributed by atoms with van der Waals surface area (Å²) in [5.41, 5.74) is 0.233. The van der Waals surface area contributed by atoms with Crippen LogP contribution in [0.1, 0.15) is 5.82 Å². The number of piperazine rings is 2. The highest BCUT2D eigenvalue weighted by Gasteiger charge is 2.24. The van der Waals surface area contributed by atoms with Crippen LogP contribution in [-0.2, 0) is 0 Å². The van der Waals surface area contributed by atoms with Crippen molar-refractivity contribution in [1.29, 1.82) is 0 Å². The molecule has 9 nitrogen and oxygen atoms in total. The number of rotatable bonds is 6. The van der Waals surface area contributed by atoms with Crippen molar-refractivity contribution < 1.29 is 13.5 Å². The predicted octanol–water partition coefficient (Wildman–Crippen LogP) is 1.56. The summed E-state index contributed by atoms with van der Waals surface area (Å²) in [6.07, 6.45) is 3.38. The van der Waals surface area contributed by atoms with Crippen molar-refractivity contribution in [3.05, 3.63) is 52.3 Å². The van der Waals surface area contributed by atoms with E-state index in [9.17, 15) is 13.6 Å². The Hall–Kier alpha value is -3.18. The minimum absolute atomic E-state index is 0.0366. The van der Waals surface area contributed by atoms with E-state index in [1.165, 1.54) is 12.1 Å². The van der Waals surface area contributed by atoms with Gasteiger partial charge < -0.3 is 24.4 Å². The summed E-state index contributed by atoms with van der Waals surface area (Å²) in [4.78, 5) is 27.7. The van der Waals surface area contributed by atoms with Gasteiger partial charge in [-0.15, -0.1) is 0 Å². The number of aromatic nitrogens is 3. The lowest BCUT2D eigenvalue weighted by Crippen LogP contribution is -2.47. The number of fused-ring (bicyclic) bond motifs is 1. The van der Waals surface area contributed by atoms with Gasteiger partial charge >= 0.3 is 0 Å². The number of hydrogen-bond donors (Lipinski definition) is 1. The number of nitrogens with zero attached hydrogens (tertiary/aromatic N) is 6. The molecule has 2 aliphatic heterocycles. The Labute approximate surface area is 202 Å². The molecule has 0 bridgehead atoms. The van der Waals surface area contributed by atoms with Crippen molar-refractivity contribution in [3.8, 4) is 5.75 Å². The van der Waals surface area contributed by atoms with Crippen LogP contribution in [0, 0.1) is 18.6 Å². The second-order valence-corrected chi connectivity index (χ2v) is 9.23. The molecule has 3 aromatic rings. The van der Waals surface area contributed by atoms with Gasteiger partial charge in [-0.2, -0.15) is 0 Å². The Kier molecular flexibility index (Phi) is 6.61. The van der Waals surface area contributed by atoms with Crippen LogP contribution in [0.15, 0.2) is 29.3 Å². The molecule has 188 valence electrons. The molecule has 2 aromatic heterocycles. The third-order valence-electron chi connectivity index (χ3n) is 6.91. The molecule has 5 rings (SSSR count). The first kappa shape index (κ1) is 23.6. The van der Waals surface area contributed by atoms with Gasteiger partial charge in [0.05, 0.1) is 12.4 Å². The number of hydrogen-bond acceptors (Lipinski definition) is 7. The molecule has 1 N–H and O–H groups in total. The zero-order valence-electron chi connectivity index (χ0n) is 20.1. The smallest absolute Gasteiger partial charge is 0.275 e. The van der Waals surface area contributed by atoms with Gasteiger partial charge in [-0.1, -0.05) is 0 Å². The van der Waals surface area contributed by atoms with E-state index in [0.717, 1.165) is 38.5 Å². The standard InChI is InChI=1S/C24H31F2N7O2/c1-17-27-15-21-24(34)28-22(16-33(17)21)31-7-9-32(10-8-31)23-19(25)13-18(14-20(23)26)35-12-11-30-5-3-29(2)4-6-30/h13-16H,3-12H2,1-2H3,(H,28,34). The molecule has 0 aliphatic carbocycles. The van der Waals surface area contributed by atoms with E-state index in [-0.39, 0.29) is 17.0 Å². The first-order valence-electron chi connectivity index (χ1n) is 12.0. The third-order valence-corrected chi connectivity index (χ3v) is 6.91. The maximum absolute atomic E-state index is 14.9. The van der Waals surface area contributed by atoms with Crippen LogP contribution in [0.3, 0.4) is 0 Å². The van der Waals surface area contributed by atoms with E-state index in [1.54, 1.807) is 15.5 Å². The van der Waals surface area contributed by atoms with Crippen molar-refractivity contribution in [1.82, 2.24) is 24.2 Å². The number of nitrogens with one attached hydrogen (secondary N) is 1. The monoisotopic (exact) mass is 487 g/mol. The van der Waals surface area contributed by atoms with E-state index in [0.29, 0.717) is 44.1 Å². The van der Waals surface area contributed by atoms with E-state index in [4.69, 9.17) is 4.74 Å². The van der Waals surface area contributed by atoms with Crippen molar-refractivity contribution in [2.75, 3.05) is 82.4 Å². The number of imidazole rings is 1. The molecular formula is C24H31F2N7O2. The lowest BCUT2D eigenvalue weighted by Gasteiger charge is -2.37. The van der Waals surface area contributed by atoms with Gasteiger partial charge in [0.2, 0.25) is 0 Å². The SMILES string of the molecule is Cc1ncc2c(=O)[nH]c(N3CCN(c4c(F)cc(OCCN5CCN(C)CC5)cc4F)CC3)cn12. The lowest BCUT2D eigenvalue weighted by atomic mass is 10.2. The lowest BCUT2D eigenvalue weighted by molar-refractivity contribution is 0.133. The maximum Gasteiger partial charge on any atom is 0.275 e. The van der Waals surface area contributed by atoms with Gasteiger partial charge in [0.25, 0.3) is 5.56 Å². The van der Waals surface area contributed by atoms with Crippen LogP contribution < -0.4 is 20.1 Å². The summed E-state index contributed by atoms with van der Waals surface area (Å²) >= 11 is 0. The van der Waals surface area contributed by atoms with E-state index in [2.05, 4.69) is 26.8 Å². The average molecular weight is 488 g/mol. The zero-order valence-corrected chi connectivity index (χ0v) is 20.1. The molecular weight excluding hydrogens is 456 g/mol. The number of ether oxygens (including phenoxy) is 1. The van der Waals surface area contributed by atoms with Crippen LogP contribution in [0.5, 0.6) is 5.75 Å². The molecule has 11 heteroatoms. The fraction of sp³-hybridized carbons (Fsp3) is 0.500. The van der Waals surface area contributed by atoms with Crippen LogP contribution in [-0.4, -0.2) is 96.7 Å². The van der Waals surface area contributed by atoms with Crippen molar-refractivity contribution in [2.24, 2.45) is 0 Å². The summed E-state index contributed by atoms with van der Waals surface area (Å²) in [7, 11) is 2.10. The van der Waals surface area contributed by atoms with E-state index < -0.39 is 11.6 Å². The first-order chi connectivity index (χ1) is 16.9. The molecule has 0 radical (unpaired) electrons. The molecule has 0 saturated carbocycles. The molecule has 2 aliphatic rings. The summed E-state index contributed by atoms with van der Waals surface area (Å²) in [5, 5.41) is 0. The molecule has 0 spiro atoms. The maximum atomic E-state index is 14.9. The molecule has 35 heavy (non-hydrogen) atoms. The molecule has 2 fully saturated rings. The predicted molar refractivity (Wildman–Crippen MR) is 131 cm³/mol. The highest BCUT2D eigenvalue weighted by atomic mass is 19.1. The Morgan fingerprint density at radius 3 is 2.34 bits per heavy atom. The Balaban J connectivity index is 1.20. The Bertz CT molecular complexity index is 1220. The van der Waals surface area contributed by atoms with Gasteiger partial charge in [-0.25, -0.2) is 13.8 Å².